The van der Waals surface area contributed by atoms with Crippen molar-refractivity contribution in [3.05, 3.63) is 34.4 Å². The van der Waals surface area contributed by atoms with E-state index in [9.17, 15) is 23.3 Å². The van der Waals surface area contributed by atoms with Crippen LogP contribution < -0.4 is 0 Å². The van der Waals surface area contributed by atoms with Crippen LogP contribution in [0.4, 0.5) is 18.9 Å². The molecule has 0 saturated carbocycles. The topological polar surface area (TPSA) is 43.1 Å². The molecule has 0 aromatic heterocycles. The van der Waals surface area contributed by atoms with E-state index in [1.165, 1.54) is 18.2 Å². The summed E-state index contributed by atoms with van der Waals surface area (Å²) in [7, 11) is 0. The quantitative estimate of drug-likeness (QED) is 0.363. The van der Waals surface area contributed by atoms with Gasteiger partial charge in [0.05, 0.1) is 9.82 Å². The lowest BCUT2D eigenvalue weighted by Crippen LogP contribution is -2.24. The maximum atomic E-state index is 12.2. The number of nitro benzene ring substituents is 1. The first-order chi connectivity index (χ1) is 7.82. The first-order valence-electron chi connectivity index (χ1n) is 4.39. The molecule has 0 aliphatic carbocycles. The van der Waals surface area contributed by atoms with Crippen LogP contribution in [0.1, 0.15) is 0 Å². The fraction of sp³-hybridized carbons (Fsp3) is 0.333. The van der Waals surface area contributed by atoms with Gasteiger partial charge in [-0.25, -0.2) is 0 Å². The Morgan fingerprint density at radius 1 is 1.41 bits per heavy atom. The van der Waals surface area contributed by atoms with Gasteiger partial charge in [-0.15, -0.1) is 11.8 Å². The van der Waals surface area contributed by atoms with Gasteiger partial charge < -0.3 is 0 Å². The second-order valence-electron chi connectivity index (χ2n) is 3.04. The summed E-state index contributed by atoms with van der Waals surface area (Å²) in [6.45, 7) is 0. The first-order valence-corrected chi connectivity index (χ1v) is 6.29. The molecule has 0 aliphatic heterocycles. The standard InChI is InChI=1S/C9H7BrF3NO2S/c10-8(9(11,12)13)5-17-7-4-2-1-3-6(7)14(15)16/h1-4,8H,5H2. The van der Waals surface area contributed by atoms with Crippen molar-refractivity contribution in [3.63, 3.8) is 0 Å². The van der Waals surface area contributed by atoms with Crippen LogP contribution in [0.5, 0.6) is 0 Å². The Bertz CT molecular complexity index is 413. The predicted octanol–water partition coefficient (Wildman–Crippen LogP) is 4.01. The van der Waals surface area contributed by atoms with Gasteiger partial charge in [-0.05, 0) is 6.07 Å². The SMILES string of the molecule is O=[N+]([O-])c1ccccc1SCC(Br)C(F)(F)F. The van der Waals surface area contributed by atoms with Crippen LogP contribution in [0.3, 0.4) is 0 Å². The lowest BCUT2D eigenvalue weighted by molar-refractivity contribution is -0.387. The van der Waals surface area contributed by atoms with Gasteiger partial charge in [-0.3, -0.25) is 10.1 Å². The van der Waals surface area contributed by atoms with Gasteiger partial charge in [0.2, 0.25) is 0 Å². The molecule has 3 nitrogen and oxygen atoms in total. The Hall–Kier alpha value is -0.760. The Morgan fingerprint density at radius 3 is 2.53 bits per heavy atom. The summed E-state index contributed by atoms with van der Waals surface area (Å²) in [6.07, 6.45) is -4.35. The van der Waals surface area contributed by atoms with Crippen LogP contribution in [-0.4, -0.2) is 21.7 Å². The Morgan fingerprint density at radius 2 is 2.00 bits per heavy atom. The summed E-state index contributed by atoms with van der Waals surface area (Å²) in [4.78, 5) is 8.56. The monoisotopic (exact) mass is 329 g/mol. The zero-order valence-corrected chi connectivity index (χ0v) is 10.7. The van der Waals surface area contributed by atoms with Crippen molar-refractivity contribution < 1.29 is 18.1 Å². The number of hydrogen-bond acceptors (Lipinski definition) is 3. The van der Waals surface area contributed by atoms with Gasteiger partial charge >= 0.3 is 6.18 Å². The van der Waals surface area contributed by atoms with E-state index in [1.807, 2.05) is 0 Å². The van der Waals surface area contributed by atoms with Gasteiger partial charge in [0.1, 0.15) is 4.83 Å². The average Bonchev–Trinajstić information content (AvgIpc) is 2.24. The number of alkyl halides is 4. The van der Waals surface area contributed by atoms with E-state index in [2.05, 4.69) is 15.9 Å². The highest BCUT2D eigenvalue weighted by atomic mass is 79.9. The third kappa shape index (κ3) is 4.19. The predicted molar refractivity (Wildman–Crippen MR) is 62.6 cm³/mol. The van der Waals surface area contributed by atoms with Crippen LogP contribution in [0.25, 0.3) is 0 Å². The van der Waals surface area contributed by atoms with Crippen molar-refractivity contribution in [3.8, 4) is 0 Å². The molecule has 17 heavy (non-hydrogen) atoms. The van der Waals surface area contributed by atoms with Gasteiger partial charge in [-0.2, -0.15) is 13.2 Å². The van der Waals surface area contributed by atoms with Gasteiger partial charge in [0.25, 0.3) is 5.69 Å². The summed E-state index contributed by atoms with van der Waals surface area (Å²) >= 11 is 3.30. The normalized spacial score (nSPS) is 13.4. The van der Waals surface area contributed by atoms with Crippen molar-refractivity contribution in [2.75, 3.05) is 5.75 Å². The lowest BCUT2D eigenvalue weighted by atomic mass is 10.3. The van der Waals surface area contributed by atoms with Crippen LogP contribution in [0, 0.1) is 10.1 Å². The van der Waals surface area contributed by atoms with Crippen LogP contribution in [-0.2, 0) is 0 Å². The molecule has 8 heteroatoms. The number of nitro groups is 1. The fourth-order valence-electron chi connectivity index (χ4n) is 0.987. The van der Waals surface area contributed by atoms with E-state index in [-0.39, 0.29) is 16.3 Å². The molecule has 0 N–H and O–H groups in total. The maximum Gasteiger partial charge on any atom is 0.402 e. The molecule has 1 unspecified atom stereocenters. The third-order valence-electron chi connectivity index (χ3n) is 1.80. The number of para-hydroxylation sites is 1. The Balaban J connectivity index is 2.73. The molecule has 0 amide bonds. The molecule has 1 atom stereocenters. The number of halogens is 4. The molecule has 1 rings (SSSR count). The molecule has 0 fully saturated rings. The largest absolute Gasteiger partial charge is 0.402 e. The van der Waals surface area contributed by atoms with E-state index >= 15 is 0 Å². The van der Waals surface area contributed by atoms with Crippen molar-refractivity contribution in [1.29, 1.82) is 0 Å². The minimum Gasteiger partial charge on any atom is -0.258 e. The Labute approximate surface area is 108 Å². The second kappa shape index (κ2) is 5.72. The molecule has 0 bridgehead atoms. The molecule has 94 valence electrons. The molecule has 1 aromatic rings. The van der Waals surface area contributed by atoms with E-state index in [0.717, 1.165) is 11.8 Å². The number of rotatable bonds is 4. The molecule has 0 radical (unpaired) electrons. The van der Waals surface area contributed by atoms with Gasteiger partial charge in [-0.1, -0.05) is 28.1 Å². The molecule has 0 saturated heterocycles. The van der Waals surface area contributed by atoms with Crippen molar-refractivity contribution >= 4 is 33.4 Å². The van der Waals surface area contributed by atoms with Crippen molar-refractivity contribution in [2.24, 2.45) is 0 Å². The molecule has 0 aliphatic rings. The van der Waals surface area contributed by atoms with E-state index < -0.39 is 15.9 Å². The van der Waals surface area contributed by atoms with Gasteiger partial charge in [0, 0.05) is 11.8 Å². The highest BCUT2D eigenvalue weighted by Crippen LogP contribution is 2.34. The number of thioether (sulfide) groups is 1. The van der Waals surface area contributed by atoms with E-state index in [1.54, 1.807) is 6.07 Å². The molecule has 0 heterocycles. The lowest BCUT2D eigenvalue weighted by Gasteiger charge is -2.13. The van der Waals surface area contributed by atoms with Gasteiger partial charge in [0.15, 0.2) is 0 Å². The number of hydrogen-bond donors (Lipinski definition) is 0. The average molecular weight is 330 g/mol. The fourth-order valence-corrected chi connectivity index (χ4v) is 2.36. The summed E-state index contributed by atoms with van der Waals surface area (Å²) in [5, 5.41) is 10.6. The summed E-state index contributed by atoms with van der Waals surface area (Å²) < 4.78 is 36.7. The number of benzene rings is 1. The Kier molecular flexibility index (Phi) is 4.81. The summed E-state index contributed by atoms with van der Waals surface area (Å²) in [5.41, 5.74) is -0.181. The van der Waals surface area contributed by atoms with Crippen LogP contribution in [0.2, 0.25) is 0 Å². The third-order valence-corrected chi connectivity index (χ3v) is 4.23. The smallest absolute Gasteiger partial charge is 0.258 e. The van der Waals surface area contributed by atoms with Crippen LogP contribution >= 0.6 is 27.7 Å². The number of nitrogens with zero attached hydrogens (tertiary/aromatic N) is 1. The zero-order chi connectivity index (χ0) is 13.1. The second-order valence-corrected chi connectivity index (χ2v) is 5.21. The highest BCUT2D eigenvalue weighted by Gasteiger charge is 2.37. The first kappa shape index (κ1) is 14.3. The van der Waals surface area contributed by atoms with Crippen LogP contribution in [0.15, 0.2) is 29.2 Å². The van der Waals surface area contributed by atoms with E-state index in [0.29, 0.717) is 0 Å². The van der Waals surface area contributed by atoms with Crippen molar-refractivity contribution in [2.45, 2.75) is 15.9 Å². The van der Waals surface area contributed by atoms with E-state index in [4.69, 9.17) is 0 Å². The molecule has 0 spiro atoms. The molecular weight excluding hydrogens is 323 g/mol. The molecule has 1 aromatic carbocycles. The zero-order valence-electron chi connectivity index (χ0n) is 8.28. The maximum absolute atomic E-state index is 12.2. The summed E-state index contributed by atoms with van der Waals surface area (Å²) in [6, 6.07) is 5.71. The highest BCUT2D eigenvalue weighted by molar-refractivity contribution is 9.09. The molecular formula is C9H7BrF3NO2S. The minimum atomic E-state index is -4.35. The van der Waals surface area contributed by atoms with Crippen molar-refractivity contribution in [1.82, 2.24) is 0 Å². The minimum absolute atomic E-state index is 0.181. The summed E-state index contributed by atoms with van der Waals surface area (Å²) in [5.74, 6) is -0.311.